The van der Waals surface area contributed by atoms with Gasteiger partial charge in [0.1, 0.15) is 11.5 Å². The van der Waals surface area contributed by atoms with Gasteiger partial charge in [-0.15, -0.1) is 0 Å². The molecule has 0 radical (unpaired) electrons. The smallest absolute Gasteiger partial charge is 0.248 e. The predicted molar refractivity (Wildman–Crippen MR) is 93.4 cm³/mol. The largest absolute Gasteiger partial charge is 0.496 e. The van der Waals surface area contributed by atoms with Crippen LogP contribution in [0, 0.1) is 6.92 Å². The van der Waals surface area contributed by atoms with Crippen LogP contribution in [0.4, 0.5) is 5.69 Å². The van der Waals surface area contributed by atoms with Gasteiger partial charge in [-0.2, -0.15) is 0 Å². The highest BCUT2D eigenvalue weighted by molar-refractivity contribution is 6.31. The van der Waals surface area contributed by atoms with Crippen molar-refractivity contribution in [1.29, 1.82) is 0 Å². The lowest BCUT2D eigenvalue weighted by Gasteiger charge is -2.10. The summed E-state index contributed by atoms with van der Waals surface area (Å²) in [5.41, 5.74) is 2.21. The van der Waals surface area contributed by atoms with Gasteiger partial charge in [-0.25, -0.2) is 0 Å². The highest BCUT2D eigenvalue weighted by Gasteiger charge is 2.08. The first kappa shape index (κ1) is 16.9. The first-order valence-electron chi connectivity index (χ1n) is 7.02. The number of benzene rings is 2. The molecule has 0 atom stereocenters. The van der Waals surface area contributed by atoms with Crippen LogP contribution in [0.25, 0.3) is 6.08 Å². The summed E-state index contributed by atoms with van der Waals surface area (Å²) in [6.07, 6.45) is 3.09. The van der Waals surface area contributed by atoms with Crippen LogP contribution < -0.4 is 14.8 Å². The number of hydrogen-bond acceptors (Lipinski definition) is 3. The molecule has 23 heavy (non-hydrogen) atoms. The number of anilines is 1. The summed E-state index contributed by atoms with van der Waals surface area (Å²) in [6, 6.07) is 10.8. The summed E-state index contributed by atoms with van der Waals surface area (Å²) in [5, 5.41) is 3.41. The Kier molecular flexibility index (Phi) is 5.66. The fourth-order valence-electron chi connectivity index (χ4n) is 2.12. The summed E-state index contributed by atoms with van der Waals surface area (Å²) in [6.45, 7) is 1.85. The summed E-state index contributed by atoms with van der Waals surface area (Å²) in [4.78, 5) is 12.1. The van der Waals surface area contributed by atoms with Gasteiger partial charge in [0.15, 0.2) is 0 Å². The Morgan fingerprint density at radius 1 is 1.09 bits per heavy atom. The third-order valence-corrected chi connectivity index (χ3v) is 3.80. The fourth-order valence-corrected chi connectivity index (χ4v) is 2.29. The minimum Gasteiger partial charge on any atom is -0.496 e. The van der Waals surface area contributed by atoms with Crippen LogP contribution in [0.3, 0.4) is 0 Å². The minimum absolute atomic E-state index is 0.261. The molecule has 1 amide bonds. The van der Waals surface area contributed by atoms with Crippen molar-refractivity contribution in [3.63, 3.8) is 0 Å². The second kappa shape index (κ2) is 7.70. The average Bonchev–Trinajstić information content (AvgIpc) is 2.56. The van der Waals surface area contributed by atoms with E-state index in [1.165, 1.54) is 6.08 Å². The second-order valence-corrected chi connectivity index (χ2v) is 5.22. The molecule has 0 heterocycles. The number of rotatable bonds is 5. The van der Waals surface area contributed by atoms with E-state index in [0.717, 1.165) is 5.56 Å². The van der Waals surface area contributed by atoms with Gasteiger partial charge in [0, 0.05) is 16.8 Å². The maximum Gasteiger partial charge on any atom is 0.248 e. The number of hydrogen-bond donors (Lipinski definition) is 1. The number of methoxy groups -OCH3 is 2. The second-order valence-electron chi connectivity index (χ2n) is 4.81. The zero-order valence-corrected chi connectivity index (χ0v) is 14.0. The minimum atomic E-state index is -0.261. The molecule has 0 unspecified atom stereocenters. The lowest BCUT2D eigenvalue weighted by molar-refractivity contribution is -0.111. The molecule has 0 fully saturated rings. The van der Waals surface area contributed by atoms with Crippen molar-refractivity contribution in [2.45, 2.75) is 6.92 Å². The van der Waals surface area contributed by atoms with Crippen LogP contribution in [0.1, 0.15) is 11.1 Å². The van der Waals surface area contributed by atoms with E-state index in [0.29, 0.717) is 27.8 Å². The first-order chi connectivity index (χ1) is 11.1. The van der Waals surface area contributed by atoms with Gasteiger partial charge in [0.25, 0.3) is 0 Å². The highest BCUT2D eigenvalue weighted by Crippen LogP contribution is 2.29. The molecule has 0 saturated carbocycles. The number of ether oxygens (including phenoxy) is 2. The number of halogens is 1. The molecule has 120 valence electrons. The van der Waals surface area contributed by atoms with Crippen LogP contribution in [0.15, 0.2) is 42.5 Å². The Labute approximate surface area is 140 Å². The van der Waals surface area contributed by atoms with Crippen molar-refractivity contribution >= 4 is 29.3 Å². The molecule has 5 heteroatoms. The van der Waals surface area contributed by atoms with Gasteiger partial charge in [0.2, 0.25) is 5.91 Å². The molecule has 0 bridgehead atoms. The van der Waals surface area contributed by atoms with Gasteiger partial charge in [0.05, 0.1) is 19.8 Å². The molecular weight excluding hydrogens is 314 g/mol. The molecule has 0 spiro atoms. The summed E-state index contributed by atoms with van der Waals surface area (Å²) in [5.74, 6) is 1.00. The van der Waals surface area contributed by atoms with Crippen molar-refractivity contribution < 1.29 is 14.3 Å². The summed E-state index contributed by atoms with van der Waals surface area (Å²) < 4.78 is 10.6. The van der Waals surface area contributed by atoms with Gasteiger partial charge in [-0.1, -0.05) is 23.7 Å². The first-order valence-corrected chi connectivity index (χ1v) is 7.39. The SMILES string of the molecule is COc1cccc(OC)c1/C=C/C(=O)Nc1cccc(Cl)c1C. The molecule has 0 aliphatic rings. The number of nitrogens with one attached hydrogen (secondary N) is 1. The van der Waals surface area contributed by atoms with Crippen LogP contribution >= 0.6 is 11.6 Å². The highest BCUT2D eigenvalue weighted by atomic mass is 35.5. The van der Waals surface area contributed by atoms with Gasteiger partial charge < -0.3 is 14.8 Å². The van der Waals surface area contributed by atoms with Crippen LogP contribution in [-0.2, 0) is 4.79 Å². The van der Waals surface area contributed by atoms with E-state index in [9.17, 15) is 4.79 Å². The number of carbonyl (C=O) groups excluding carboxylic acids is 1. The zero-order chi connectivity index (χ0) is 16.8. The van der Waals surface area contributed by atoms with Crippen LogP contribution in [0.5, 0.6) is 11.5 Å². The quantitative estimate of drug-likeness (QED) is 0.830. The predicted octanol–water partition coefficient (Wildman–Crippen LogP) is 4.32. The van der Waals surface area contributed by atoms with Crippen molar-refractivity contribution in [3.05, 3.63) is 58.6 Å². The van der Waals surface area contributed by atoms with Crippen molar-refractivity contribution in [2.24, 2.45) is 0 Å². The zero-order valence-electron chi connectivity index (χ0n) is 13.2. The topological polar surface area (TPSA) is 47.6 Å². The van der Waals surface area contributed by atoms with E-state index in [2.05, 4.69) is 5.32 Å². The van der Waals surface area contributed by atoms with Gasteiger partial charge in [-0.05, 0) is 42.8 Å². The molecule has 0 saturated heterocycles. The fraction of sp³-hybridized carbons (Fsp3) is 0.167. The third-order valence-electron chi connectivity index (χ3n) is 3.39. The molecular formula is C18H18ClNO3. The van der Waals surface area contributed by atoms with Gasteiger partial charge in [-0.3, -0.25) is 4.79 Å². The molecule has 4 nitrogen and oxygen atoms in total. The van der Waals surface area contributed by atoms with Crippen molar-refractivity contribution in [1.82, 2.24) is 0 Å². The Balaban J connectivity index is 2.20. The molecule has 0 aliphatic carbocycles. The third kappa shape index (κ3) is 4.05. The molecule has 2 aromatic carbocycles. The lowest BCUT2D eigenvalue weighted by atomic mass is 10.1. The molecule has 2 rings (SSSR count). The molecule has 2 aromatic rings. The maximum absolute atomic E-state index is 12.1. The van der Waals surface area contributed by atoms with E-state index in [-0.39, 0.29) is 5.91 Å². The number of amides is 1. The van der Waals surface area contributed by atoms with E-state index >= 15 is 0 Å². The van der Waals surface area contributed by atoms with Crippen molar-refractivity contribution in [3.8, 4) is 11.5 Å². The maximum atomic E-state index is 12.1. The summed E-state index contributed by atoms with van der Waals surface area (Å²) >= 11 is 6.05. The van der Waals surface area contributed by atoms with Crippen molar-refractivity contribution in [2.75, 3.05) is 19.5 Å². The van der Waals surface area contributed by atoms with E-state index in [1.807, 2.05) is 13.0 Å². The van der Waals surface area contributed by atoms with Gasteiger partial charge >= 0.3 is 0 Å². The standard InChI is InChI=1S/C18H18ClNO3/c1-12-14(19)6-4-7-15(12)20-18(21)11-10-13-16(22-2)8-5-9-17(13)23-3/h4-11H,1-3H3,(H,20,21)/b11-10+. The Morgan fingerprint density at radius 2 is 1.70 bits per heavy atom. The molecule has 0 aliphatic heterocycles. The molecule has 0 aromatic heterocycles. The van der Waals surface area contributed by atoms with Crippen LogP contribution in [0.2, 0.25) is 5.02 Å². The van der Waals surface area contributed by atoms with E-state index in [1.54, 1.807) is 50.6 Å². The van der Waals surface area contributed by atoms with E-state index < -0.39 is 0 Å². The average molecular weight is 332 g/mol. The summed E-state index contributed by atoms with van der Waals surface area (Å²) in [7, 11) is 3.14. The lowest BCUT2D eigenvalue weighted by Crippen LogP contribution is -2.09. The van der Waals surface area contributed by atoms with Crippen LogP contribution in [-0.4, -0.2) is 20.1 Å². The molecule has 1 N–H and O–H groups in total. The Morgan fingerprint density at radius 3 is 2.30 bits per heavy atom. The normalized spacial score (nSPS) is 10.6. The Bertz CT molecular complexity index is 719. The number of carbonyl (C=O) groups is 1. The Hall–Kier alpha value is -2.46. The van der Waals surface area contributed by atoms with E-state index in [4.69, 9.17) is 21.1 Å². The monoisotopic (exact) mass is 331 g/mol.